The second-order valence-electron chi connectivity index (χ2n) is 5.46. The van der Waals surface area contributed by atoms with Crippen LogP contribution < -0.4 is 4.57 Å². The summed E-state index contributed by atoms with van der Waals surface area (Å²) in [5.74, 6) is 0. The highest BCUT2D eigenvalue weighted by Crippen LogP contribution is 2.35. The lowest BCUT2D eigenvalue weighted by atomic mass is 9.98. The Morgan fingerprint density at radius 3 is 2.38 bits per heavy atom. The van der Waals surface area contributed by atoms with Crippen molar-refractivity contribution in [3.63, 3.8) is 0 Å². The van der Waals surface area contributed by atoms with E-state index in [2.05, 4.69) is 78.7 Å². The van der Waals surface area contributed by atoms with E-state index in [4.69, 9.17) is 0 Å². The fourth-order valence-corrected chi connectivity index (χ4v) is 3.12. The van der Waals surface area contributed by atoms with Crippen LogP contribution in [0.1, 0.15) is 11.3 Å². The van der Waals surface area contributed by atoms with E-state index in [1.807, 2.05) is 6.07 Å². The number of aromatic nitrogens is 1. The first-order valence-electron chi connectivity index (χ1n) is 7.17. The molecule has 0 unspecified atom stereocenters. The van der Waals surface area contributed by atoms with Crippen LogP contribution in [0.15, 0.2) is 73.3 Å². The van der Waals surface area contributed by atoms with Crippen molar-refractivity contribution in [1.29, 1.82) is 0 Å². The van der Waals surface area contributed by atoms with Crippen molar-refractivity contribution in [2.45, 2.75) is 6.92 Å². The maximum absolute atomic E-state index is 4.26. The van der Waals surface area contributed by atoms with Gasteiger partial charge in [-0.3, -0.25) is 0 Å². The first kappa shape index (κ1) is 12.1. The molecule has 2 heterocycles. The second kappa shape index (κ2) is 4.42. The molecule has 0 amide bonds. The molecule has 4 rings (SSSR count). The van der Waals surface area contributed by atoms with E-state index in [1.54, 1.807) is 0 Å². The molecule has 0 aliphatic carbocycles. The first-order chi connectivity index (χ1) is 10.3. The van der Waals surface area contributed by atoms with Crippen molar-refractivity contribution < 1.29 is 4.57 Å². The largest absolute Gasteiger partial charge is 0.219 e. The van der Waals surface area contributed by atoms with Crippen molar-refractivity contribution in [3.8, 4) is 22.4 Å². The predicted molar refractivity (Wildman–Crippen MR) is 86.7 cm³/mol. The summed E-state index contributed by atoms with van der Waals surface area (Å²) in [7, 11) is 0. The average Bonchev–Trinajstić information content (AvgIpc) is 2.82. The quantitative estimate of drug-likeness (QED) is 0.450. The van der Waals surface area contributed by atoms with Crippen molar-refractivity contribution in [1.82, 2.24) is 0 Å². The molecule has 1 aliphatic heterocycles. The molecule has 0 fully saturated rings. The summed E-state index contributed by atoms with van der Waals surface area (Å²) in [4.78, 5) is 0. The van der Waals surface area contributed by atoms with Gasteiger partial charge in [0.05, 0.1) is 11.1 Å². The number of hydrogen-bond acceptors (Lipinski definition) is 0. The third-order valence-corrected chi connectivity index (χ3v) is 4.17. The van der Waals surface area contributed by atoms with E-state index in [1.165, 1.54) is 33.6 Å². The molecule has 0 saturated carbocycles. The van der Waals surface area contributed by atoms with E-state index in [0.29, 0.717) is 0 Å². The molecule has 2 aromatic carbocycles. The highest BCUT2D eigenvalue weighted by molar-refractivity contribution is 5.83. The lowest BCUT2D eigenvalue weighted by Crippen LogP contribution is -2.33. The van der Waals surface area contributed by atoms with Gasteiger partial charge in [0.1, 0.15) is 0 Å². The van der Waals surface area contributed by atoms with Gasteiger partial charge in [0.15, 0.2) is 5.69 Å². The van der Waals surface area contributed by atoms with Crippen LogP contribution in [-0.2, 0) is 0 Å². The number of aryl methyl sites for hydroxylation is 1. The topological polar surface area (TPSA) is 3.88 Å². The lowest BCUT2D eigenvalue weighted by molar-refractivity contribution is -0.570. The van der Waals surface area contributed by atoms with Gasteiger partial charge < -0.3 is 0 Å². The molecule has 0 radical (unpaired) electrons. The Labute approximate surface area is 124 Å². The molecular weight excluding hydrogens is 254 g/mol. The summed E-state index contributed by atoms with van der Waals surface area (Å²) in [5.41, 5.74) is 8.50. The molecule has 100 valence electrons. The molecular formula is C20H16N+. The van der Waals surface area contributed by atoms with Crippen LogP contribution in [0.25, 0.3) is 28.1 Å². The molecule has 0 atom stereocenters. The van der Waals surface area contributed by atoms with Crippen molar-refractivity contribution in [2.75, 3.05) is 0 Å². The normalized spacial score (nSPS) is 12.1. The maximum Gasteiger partial charge on any atom is 0.219 e. The summed E-state index contributed by atoms with van der Waals surface area (Å²) in [5, 5.41) is 0. The lowest BCUT2D eigenvalue weighted by Gasteiger charge is -2.02. The van der Waals surface area contributed by atoms with Crippen LogP contribution in [0.3, 0.4) is 0 Å². The zero-order chi connectivity index (χ0) is 14.4. The van der Waals surface area contributed by atoms with Gasteiger partial charge in [-0.2, -0.15) is 4.57 Å². The Hall–Kier alpha value is -2.67. The van der Waals surface area contributed by atoms with E-state index in [-0.39, 0.29) is 0 Å². The smallest absolute Gasteiger partial charge is 0.158 e. The minimum atomic E-state index is 1.07. The third kappa shape index (κ3) is 1.74. The Morgan fingerprint density at radius 2 is 1.57 bits per heavy atom. The summed E-state index contributed by atoms with van der Waals surface area (Å²) < 4.78 is 2.24. The molecule has 1 aliphatic rings. The Morgan fingerprint density at radius 1 is 0.762 bits per heavy atom. The standard InChI is InChI=1S/C20H16N/c1-14-7-6-10-20-19-13-17(16-8-4-3-5-9-16)11-12-18(19)15(2)21(14)20/h3-13H,2H2,1H3/q+1. The van der Waals surface area contributed by atoms with Crippen LogP contribution in [0.5, 0.6) is 0 Å². The molecule has 3 aromatic rings. The van der Waals surface area contributed by atoms with Gasteiger partial charge in [-0.25, -0.2) is 0 Å². The number of nitrogens with zero attached hydrogens (tertiary/aromatic N) is 1. The molecule has 0 saturated heterocycles. The number of rotatable bonds is 1. The Bertz CT molecular complexity index is 860. The van der Waals surface area contributed by atoms with Gasteiger partial charge in [-0.1, -0.05) is 36.4 Å². The molecule has 1 heteroatoms. The van der Waals surface area contributed by atoms with E-state index in [0.717, 1.165) is 5.70 Å². The zero-order valence-electron chi connectivity index (χ0n) is 12.0. The number of fused-ring (bicyclic) bond motifs is 3. The fourth-order valence-electron chi connectivity index (χ4n) is 3.12. The molecule has 0 bridgehead atoms. The Balaban J connectivity index is 1.96. The molecule has 1 aromatic heterocycles. The van der Waals surface area contributed by atoms with Crippen molar-refractivity contribution in [3.05, 3.63) is 84.6 Å². The summed E-state index contributed by atoms with van der Waals surface area (Å²) in [6, 6.07) is 23.5. The fraction of sp³-hybridized carbons (Fsp3) is 0.0500. The minimum Gasteiger partial charge on any atom is -0.158 e. The number of benzene rings is 2. The molecule has 1 nitrogen and oxygen atoms in total. The molecule has 0 N–H and O–H groups in total. The highest BCUT2D eigenvalue weighted by Gasteiger charge is 2.32. The minimum absolute atomic E-state index is 1.07. The third-order valence-electron chi connectivity index (χ3n) is 4.17. The van der Waals surface area contributed by atoms with Crippen LogP contribution in [0, 0.1) is 6.92 Å². The highest BCUT2D eigenvalue weighted by atomic mass is 15.0. The second-order valence-corrected chi connectivity index (χ2v) is 5.46. The van der Waals surface area contributed by atoms with Crippen molar-refractivity contribution >= 4 is 5.70 Å². The van der Waals surface area contributed by atoms with E-state index in [9.17, 15) is 0 Å². The predicted octanol–water partition coefficient (Wildman–Crippen LogP) is 4.45. The van der Waals surface area contributed by atoms with Crippen LogP contribution >= 0.6 is 0 Å². The van der Waals surface area contributed by atoms with Gasteiger partial charge in [0.2, 0.25) is 11.4 Å². The van der Waals surface area contributed by atoms with Crippen molar-refractivity contribution in [2.24, 2.45) is 0 Å². The first-order valence-corrected chi connectivity index (χ1v) is 7.17. The Kier molecular flexibility index (Phi) is 2.55. The van der Waals surface area contributed by atoms with E-state index < -0.39 is 0 Å². The molecule has 21 heavy (non-hydrogen) atoms. The van der Waals surface area contributed by atoms with E-state index >= 15 is 0 Å². The van der Waals surface area contributed by atoms with Gasteiger partial charge in [-0.15, -0.1) is 0 Å². The monoisotopic (exact) mass is 270 g/mol. The molecule has 0 spiro atoms. The number of hydrogen-bond donors (Lipinski definition) is 0. The summed E-state index contributed by atoms with van der Waals surface area (Å²) in [6.07, 6.45) is 0. The summed E-state index contributed by atoms with van der Waals surface area (Å²) in [6.45, 7) is 6.39. The van der Waals surface area contributed by atoms with Gasteiger partial charge in [0.25, 0.3) is 0 Å². The average molecular weight is 270 g/mol. The zero-order valence-corrected chi connectivity index (χ0v) is 12.0. The van der Waals surface area contributed by atoms with Crippen LogP contribution in [0.4, 0.5) is 0 Å². The SMILES string of the molecule is C=C1c2ccc(-c3ccccc3)cc2-c2cccc(C)[n+]21. The van der Waals surface area contributed by atoms with Gasteiger partial charge >= 0.3 is 0 Å². The van der Waals surface area contributed by atoms with Crippen LogP contribution in [-0.4, -0.2) is 0 Å². The van der Waals surface area contributed by atoms with Gasteiger partial charge in [-0.05, 0) is 35.9 Å². The number of pyridine rings is 1. The van der Waals surface area contributed by atoms with Crippen LogP contribution in [0.2, 0.25) is 0 Å². The maximum atomic E-state index is 4.26. The summed E-state index contributed by atoms with van der Waals surface area (Å²) >= 11 is 0. The van der Waals surface area contributed by atoms with Gasteiger partial charge in [0, 0.05) is 19.1 Å².